The first-order valence-corrected chi connectivity index (χ1v) is 11.2. The number of rotatable bonds is 10. The molecule has 1 aliphatic rings. The van der Waals surface area contributed by atoms with Crippen LogP contribution in [-0.2, 0) is 11.4 Å². The Bertz CT molecular complexity index is 1060. The van der Waals surface area contributed by atoms with E-state index in [1.54, 1.807) is 12.1 Å². The average Bonchev–Trinajstić information content (AvgIpc) is 3.27. The Morgan fingerprint density at radius 1 is 1.09 bits per heavy atom. The highest BCUT2D eigenvalue weighted by molar-refractivity contribution is 6.30. The van der Waals surface area contributed by atoms with Crippen LogP contribution in [0.5, 0.6) is 5.75 Å². The van der Waals surface area contributed by atoms with Crippen molar-refractivity contribution in [3.05, 3.63) is 101 Å². The van der Waals surface area contributed by atoms with Crippen molar-refractivity contribution in [2.24, 2.45) is 5.16 Å². The fourth-order valence-electron chi connectivity index (χ4n) is 3.78. The van der Waals surface area contributed by atoms with E-state index < -0.39 is 6.10 Å². The predicted octanol–water partition coefficient (Wildman–Crippen LogP) is 4.91. The molecule has 0 saturated carbocycles. The third-order valence-corrected chi connectivity index (χ3v) is 5.56. The van der Waals surface area contributed by atoms with E-state index in [2.05, 4.69) is 10.1 Å². The zero-order valence-corrected chi connectivity index (χ0v) is 18.9. The van der Waals surface area contributed by atoms with Gasteiger partial charge in [-0.1, -0.05) is 59.2 Å². The van der Waals surface area contributed by atoms with Crippen LogP contribution in [0.2, 0.25) is 5.02 Å². The van der Waals surface area contributed by atoms with E-state index in [4.69, 9.17) is 21.2 Å². The summed E-state index contributed by atoms with van der Waals surface area (Å²) in [7, 11) is 0. The van der Waals surface area contributed by atoms with Crippen LogP contribution < -0.4 is 4.74 Å². The van der Waals surface area contributed by atoms with E-state index in [1.807, 2.05) is 54.6 Å². The number of aliphatic hydroxyl groups is 1. The summed E-state index contributed by atoms with van der Waals surface area (Å²) in [5.74, 6) is 0.434. The predicted molar refractivity (Wildman–Crippen MR) is 127 cm³/mol. The highest BCUT2D eigenvalue weighted by atomic mass is 35.5. The van der Waals surface area contributed by atoms with Crippen molar-refractivity contribution in [1.82, 2.24) is 4.90 Å². The largest absolute Gasteiger partial charge is 0.491 e. The smallest absolute Gasteiger partial charge is 0.145 e. The maximum absolute atomic E-state index is 13.2. The lowest BCUT2D eigenvalue weighted by atomic mass is 10.0. The fourth-order valence-corrected chi connectivity index (χ4v) is 4.00. The van der Waals surface area contributed by atoms with E-state index in [9.17, 15) is 9.50 Å². The van der Waals surface area contributed by atoms with Gasteiger partial charge >= 0.3 is 0 Å². The molecule has 2 unspecified atom stereocenters. The lowest BCUT2D eigenvalue weighted by molar-refractivity contribution is 0.0213. The molecule has 0 aromatic heterocycles. The van der Waals surface area contributed by atoms with Crippen LogP contribution in [-0.4, -0.2) is 47.6 Å². The summed E-state index contributed by atoms with van der Waals surface area (Å²) < 4.78 is 18.9. The van der Waals surface area contributed by atoms with Crippen molar-refractivity contribution in [3.63, 3.8) is 0 Å². The number of aliphatic hydroxyl groups excluding tert-OH is 1. The normalized spacial score (nSPS) is 16.4. The van der Waals surface area contributed by atoms with Crippen molar-refractivity contribution >= 4 is 17.3 Å². The molecule has 1 N–H and O–H groups in total. The van der Waals surface area contributed by atoms with E-state index in [0.29, 0.717) is 31.1 Å². The summed E-state index contributed by atoms with van der Waals surface area (Å²) in [6.07, 6.45) is -0.261. The van der Waals surface area contributed by atoms with E-state index in [1.165, 1.54) is 12.1 Å². The number of hydrogen-bond acceptors (Lipinski definition) is 5. The molecule has 4 rings (SSSR count). The minimum atomic E-state index is -0.691. The van der Waals surface area contributed by atoms with Crippen LogP contribution >= 0.6 is 11.6 Å². The molecular formula is C26H26ClFN2O3. The Labute approximate surface area is 198 Å². The second-order valence-electron chi connectivity index (χ2n) is 8.08. The van der Waals surface area contributed by atoms with Crippen LogP contribution in [0, 0.1) is 5.82 Å². The molecule has 0 aliphatic carbocycles. The molecule has 0 spiro atoms. The Morgan fingerprint density at radius 3 is 2.64 bits per heavy atom. The summed E-state index contributed by atoms with van der Waals surface area (Å²) >= 11 is 6.16. The van der Waals surface area contributed by atoms with Crippen LogP contribution in [0.3, 0.4) is 0 Å². The van der Waals surface area contributed by atoms with E-state index in [-0.39, 0.29) is 18.5 Å². The monoisotopic (exact) mass is 468 g/mol. The lowest BCUT2D eigenvalue weighted by Crippen LogP contribution is -2.39. The molecule has 0 radical (unpaired) electrons. The van der Waals surface area contributed by atoms with Gasteiger partial charge in [0.05, 0.1) is 5.71 Å². The fraction of sp³-hybridized carbons (Fsp3) is 0.269. The molecule has 0 fully saturated rings. The van der Waals surface area contributed by atoms with Crippen LogP contribution in [0.4, 0.5) is 4.39 Å². The zero-order valence-electron chi connectivity index (χ0n) is 18.1. The van der Waals surface area contributed by atoms with Crippen molar-refractivity contribution < 1.29 is 19.1 Å². The van der Waals surface area contributed by atoms with Gasteiger partial charge in [-0.3, -0.25) is 4.90 Å². The van der Waals surface area contributed by atoms with Crippen molar-refractivity contribution in [3.8, 4) is 5.75 Å². The van der Waals surface area contributed by atoms with Gasteiger partial charge in [0.15, 0.2) is 0 Å². The molecule has 1 heterocycles. The number of ether oxygens (including phenoxy) is 1. The molecule has 33 heavy (non-hydrogen) atoms. The molecular weight excluding hydrogens is 443 g/mol. The molecule has 7 heteroatoms. The zero-order chi connectivity index (χ0) is 23.0. The number of nitrogens with zero attached hydrogens (tertiary/aromatic N) is 2. The number of hydrogen-bond donors (Lipinski definition) is 1. The minimum absolute atomic E-state index is 0.175. The van der Waals surface area contributed by atoms with Crippen LogP contribution in [0.15, 0.2) is 84.0 Å². The van der Waals surface area contributed by atoms with Gasteiger partial charge in [0, 0.05) is 31.1 Å². The lowest BCUT2D eigenvalue weighted by Gasteiger charge is -2.27. The van der Waals surface area contributed by atoms with Crippen molar-refractivity contribution in [1.29, 1.82) is 0 Å². The second kappa shape index (κ2) is 11.3. The van der Waals surface area contributed by atoms with Gasteiger partial charge in [-0.05, 0) is 47.5 Å². The summed E-state index contributed by atoms with van der Waals surface area (Å²) in [6, 6.07) is 23.3. The van der Waals surface area contributed by atoms with Crippen molar-refractivity contribution in [2.45, 2.75) is 25.2 Å². The molecule has 2 atom stereocenters. The van der Waals surface area contributed by atoms with Gasteiger partial charge in [0.2, 0.25) is 0 Å². The Balaban J connectivity index is 1.37. The maximum atomic E-state index is 13.2. The molecule has 0 bridgehead atoms. The first kappa shape index (κ1) is 23.2. The van der Waals surface area contributed by atoms with Gasteiger partial charge < -0.3 is 14.7 Å². The standard InChI is InChI=1S/C26H26ClFN2O3/c27-21-6-4-5-19(13-21)15-30(16-23(31)18-32-24-7-2-1-3-8-24)17-25-14-26(29-33-25)20-9-11-22(28)12-10-20/h1-13,23,25,31H,14-18H2. The first-order chi connectivity index (χ1) is 16.0. The number of benzene rings is 3. The van der Waals surface area contributed by atoms with E-state index >= 15 is 0 Å². The number of oxime groups is 1. The number of halogens is 2. The molecule has 3 aromatic rings. The topological polar surface area (TPSA) is 54.3 Å². The number of para-hydroxylation sites is 1. The average molecular weight is 469 g/mol. The third-order valence-electron chi connectivity index (χ3n) is 5.32. The van der Waals surface area contributed by atoms with Gasteiger partial charge in [0.1, 0.15) is 30.4 Å². The molecule has 5 nitrogen and oxygen atoms in total. The Morgan fingerprint density at radius 2 is 1.88 bits per heavy atom. The third kappa shape index (κ3) is 7.02. The van der Waals surface area contributed by atoms with Gasteiger partial charge in [-0.15, -0.1) is 0 Å². The quantitative estimate of drug-likeness (QED) is 0.459. The molecule has 0 amide bonds. The molecule has 3 aromatic carbocycles. The first-order valence-electron chi connectivity index (χ1n) is 10.9. The minimum Gasteiger partial charge on any atom is -0.491 e. The Kier molecular flexibility index (Phi) is 7.94. The molecule has 1 aliphatic heterocycles. The van der Waals surface area contributed by atoms with Gasteiger partial charge in [0.25, 0.3) is 0 Å². The highest BCUT2D eigenvalue weighted by Crippen LogP contribution is 2.20. The summed E-state index contributed by atoms with van der Waals surface area (Å²) in [5, 5.41) is 15.5. The second-order valence-corrected chi connectivity index (χ2v) is 8.51. The van der Waals surface area contributed by atoms with Crippen molar-refractivity contribution in [2.75, 3.05) is 19.7 Å². The summed E-state index contributed by atoms with van der Waals surface area (Å²) in [6.45, 7) is 1.72. The Hall–Kier alpha value is -2.93. The summed E-state index contributed by atoms with van der Waals surface area (Å²) in [4.78, 5) is 7.78. The summed E-state index contributed by atoms with van der Waals surface area (Å²) in [5.41, 5.74) is 2.67. The SMILES string of the molecule is OC(COc1ccccc1)CN(Cc1cccc(Cl)c1)CC1CC(c2ccc(F)cc2)=NO1. The van der Waals surface area contributed by atoms with E-state index in [0.717, 1.165) is 22.6 Å². The highest BCUT2D eigenvalue weighted by Gasteiger charge is 2.26. The van der Waals surface area contributed by atoms with Crippen LogP contribution in [0.25, 0.3) is 0 Å². The van der Waals surface area contributed by atoms with Gasteiger partial charge in [-0.25, -0.2) is 4.39 Å². The maximum Gasteiger partial charge on any atom is 0.145 e. The van der Waals surface area contributed by atoms with Crippen LogP contribution in [0.1, 0.15) is 17.5 Å². The van der Waals surface area contributed by atoms with Gasteiger partial charge in [-0.2, -0.15) is 0 Å². The molecule has 172 valence electrons. The molecule has 0 saturated heterocycles.